The zero-order valence-corrected chi connectivity index (χ0v) is 65.4. The summed E-state index contributed by atoms with van der Waals surface area (Å²) in [5.74, 6) is 15.4. The highest BCUT2D eigenvalue weighted by Gasteiger charge is 2.39. The molecule has 15 aliphatic rings. The van der Waals surface area contributed by atoms with Crippen LogP contribution in [-0.2, 0) is 41.3 Å². The van der Waals surface area contributed by atoms with Crippen LogP contribution >= 0.6 is 0 Å². The van der Waals surface area contributed by atoms with Gasteiger partial charge in [0.2, 0.25) is 0 Å². The molecule has 25 unspecified atom stereocenters. The standard InChI is InChI=1S/2C12H16.6C11H20O/c2*1-9-3-5-12-8-10(2)4-6-11(12)7-9;2*1-8-3-6-11-10(7-8)5-4-9(2)12-11;2*1-8-3-4-10-5-9(2)7-12-11(10)6-8;2*1-8-3-4-10-6-9(2)12-7-11(10)5-8/h3,5,7,10H,4,6,8H2,1-2H3;3-4H,5-8H2,1-2H3;6*8-11H,3-7H2,1-2H3. The fourth-order valence-electron chi connectivity index (χ4n) is 20.9. The lowest BCUT2D eigenvalue weighted by Crippen LogP contribution is -2.37. The molecule has 0 bridgehead atoms. The normalized spacial score (nSPS) is 42.0. The third-order valence-electron chi connectivity index (χ3n) is 27.0. The maximum atomic E-state index is 5.94. The van der Waals surface area contributed by atoms with Crippen molar-refractivity contribution < 1.29 is 28.4 Å². The number of benzene rings is 1. The predicted molar refractivity (Wildman–Crippen MR) is 406 cm³/mol. The van der Waals surface area contributed by atoms with Crippen LogP contribution in [0.1, 0.15) is 320 Å². The first-order valence-corrected chi connectivity index (χ1v) is 41.9. The molecule has 0 spiro atoms. The minimum absolute atomic E-state index is 0.527. The Hall–Kier alpha value is -1.80. The van der Waals surface area contributed by atoms with Crippen LogP contribution in [0.4, 0.5) is 0 Å². The fraction of sp³-hybridized carbons (Fsp3) is 0.867. The molecule has 6 heteroatoms. The molecule has 96 heavy (non-hydrogen) atoms. The van der Waals surface area contributed by atoms with Crippen LogP contribution in [-0.4, -0.2) is 75.3 Å². The molecule has 1 aromatic rings. The Labute approximate surface area is 593 Å². The van der Waals surface area contributed by atoms with Crippen molar-refractivity contribution in [2.24, 2.45) is 101 Å². The Balaban J connectivity index is 0.000000129. The molecule has 6 nitrogen and oxygen atoms in total. The SMILES string of the molecule is CC1=CCC2=C(CC=C(C)C2)C1.CC1CCC2CC(C)OCC2C1.CC1CCC2CC(C)OCC2C1.CC1CCC2OC(C)CCC2C1.CC1CCC2OC(C)CCC2C1.CC1COC2CC(C)CCC2C1.CC1COC2CC(C)CCC2C1.Cc1ccc2c(c1)CCC(C)C2. The smallest absolute Gasteiger partial charge is 0.0607 e. The van der Waals surface area contributed by atoms with Gasteiger partial charge >= 0.3 is 0 Å². The summed E-state index contributed by atoms with van der Waals surface area (Å²) in [6.07, 6.45) is 54.2. The van der Waals surface area contributed by atoms with Crippen molar-refractivity contribution in [3.8, 4) is 0 Å². The molecule has 16 rings (SSSR count). The summed E-state index contributed by atoms with van der Waals surface area (Å²) in [7, 11) is 0. The van der Waals surface area contributed by atoms with Crippen molar-refractivity contribution in [2.45, 2.75) is 371 Å². The van der Waals surface area contributed by atoms with Gasteiger partial charge in [0, 0.05) is 13.2 Å². The van der Waals surface area contributed by atoms with Crippen molar-refractivity contribution in [3.63, 3.8) is 0 Å². The molecule has 6 saturated carbocycles. The van der Waals surface area contributed by atoms with E-state index in [1.165, 1.54) is 217 Å². The fourth-order valence-corrected chi connectivity index (χ4v) is 20.9. The highest BCUT2D eigenvalue weighted by atomic mass is 16.5. The van der Waals surface area contributed by atoms with E-state index in [0.29, 0.717) is 48.8 Å². The summed E-state index contributed by atoms with van der Waals surface area (Å²) < 4.78 is 35.0. The lowest BCUT2D eigenvalue weighted by Gasteiger charge is -2.40. The number of allylic oxidation sites excluding steroid dienone is 6. The van der Waals surface area contributed by atoms with Crippen LogP contribution in [0.25, 0.3) is 0 Å². The summed E-state index contributed by atoms with van der Waals surface area (Å²) in [4.78, 5) is 0. The van der Waals surface area contributed by atoms with Gasteiger partial charge in [-0.1, -0.05) is 146 Å². The molecule has 25 atom stereocenters. The molecule has 6 aliphatic heterocycles. The predicted octanol–water partition coefficient (Wildman–Crippen LogP) is 24.3. The van der Waals surface area contributed by atoms with Crippen molar-refractivity contribution in [2.75, 3.05) is 26.4 Å². The van der Waals surface area contributed by atoms with Gasteiger partial charge < -0.3 is 28.4 Å². The zero-order chi connectivity index (χ0) is 68.4. The Morgan fingerprint density at radius 2 is 0.667 bits per heavy atom. The molecular weight excluding hydrogens is 1180 g/mol. The largest absolute Gasteiger partial charge is 0.378 e. The van der Waals surface area contributed by atoms with E-state index in [4.69, 9.17) is 28.4 Å². The first kappa shape index (κ1) is 78.3. The summed E-state index contributed by atoms with van der Waals surface area (Å²) >= 11 is 0. The topological polar surface area (TPSA) is 55.4 Å². The van der Waals surface area contributed by atoms with Gasteiger partial charge in [-0.05, 0) is 346 Å². The van der Waals surface area contributed by atoms with Gasteiger partial charge in [0.05, 0.1) is 62.0 Å². The highest BCUT2D eigenvalue weighted by Crippen LogP contribution is 2.45. The molecule has 0 aromatic heterocycles. The van der Waals surface area contributed by atoms with Gasteiger partial charge in [0.25, 0.3) is 0 Å². The number of hydrogen-bond donors (Lipinski definition) is 0. The number of ether oxygens (including phenoxy) is 6. The molecule has 6 saturated heterocycles. The Morgan fingerprint density at radius 3 is 1.11 bits per heavy atom. The zero-order valence-electron chi connectivity index (χ0n) is 65.4. The van der Waals surface area contributed by atoms with Gasteiger partial charge in [-0.25, -0.2) is 0 Å². The van der Waals surface area contributed by atoms with Crippen LogP contribution in [0, 0.1) is 108 Å². The molecule has 1 aromatic carbocycles. The van der Waals surface area contributed by atoms with E-state index in [0.717, 1.165) is 127 Å². The average molecular weight is 1330 g/mol. The summed E-state index contributed by atoms with van der Waals surface area (Å²) in [5.41, 5.74) is 11.1. The third-order valence-corrected chi connectivity index (χ3v) is 27.0. The van der Waals surface area contributed by atoms with Crippen LogP contribution in [0.3, 0.4) is 0 Å². The monoisotopic (exact) mass is 1330 g/mol. The van der Waals surface area contributed by atoms with E-state index in [-0.39, 0.29) is 0 Å². The van der Waals surface area contributed by atoms with E-state index in [1.54, 1.807) is 33.4 Å². The Kier molecular flexibility index (Phi) is 32.0. The van der Waals surface area contributed by atoms with E-state index < -0.39 is 0 Å². The summed E-state index contributed by atoms with van der Waals surface area (Å²) in [6.45, 7) is 40.9. The van der Waals surface area contributed by atoms with Crippen molar-refractivity contribution in [1.82, 2.24) is 0 Å². The molecule has 12 fully saturated rings. The average Bonchev–Trinajstić information content (AvgIpc) is 1.19. The molecule has 0 amide bonds. The van der Waals surface area contributed by atoms with Crippen LogP contribution in [0.2, 0.25) is 0 Å². The summed E-state index contributed by atoms with van der Waals surface area (Å²) in [6, 6.07) is 6.89. The molecular formula is C90H152O6. The van der Waals surface area contributed by atoms with Crippen molar-refractivity contribution >= 4 is 0 Å². The first-order valence-electron chi connectivity index (χ1n) is 41.9. The van der Waals surface area contributed by atoms with Gasteiger partial charge in [-0.2, -0.15) is 0 Å². The number of hydrogen-bond acceptors (Lipinski definition) is 6. The van der Waals surface area contributed by atoms with E-state index in [1.807, 2.05) is 0 Å². The van der Waals surface area contributed by atoms with Crippen LogP contribution < -0.4 is 0 Å². The molecule has 0 radical (unpaired) electrons. The first-order chi connectivity index (χ1) is 46.0. The van der Waals surface area contributed by atoms with E-state index >= 15 is 0 Å². The molecule has 0 N–H and O–H groups in total. The summed E-state index contributed by atoms with van der Waals surface area (Å²) in [5, 5.41) is 0. The lowest BCUT2D eigenvalue weighted by atomic mass is 9.72. The second-order valence-corrected chi connectivity index (χ2v) is 37.1. The lowest BCUT2D eigenvalue weighted by molar-refractivity contribution is -0.0978. The highest BCUT2D eigenvalue weighted by molar-refractivity contribution is 5.36. The maximum Gasteiger partial charge on any atom is 0.0607 e. The van der Waals surface area contributed by atoms with Crippen LogP contribution in [0.5, 0.6) is 0 Å². The van der Waals surface area contributed by atoms with Gasteiger partial charge in [-0.3, -0.25) is 0 Å². The number of fused-ring (bicyclic) bond motifs is 7. The molecule has 548 valence electrons. The maximum absolute atomic E-state index is 5.94. The number of rotatable bonds is 0. The minimum atomic E-state index is 0.527. The third kappa shape index (κ3) is 25.3. The molecule has 9 aliphatic carbocycles. The van der Waals surface area contributed by atoms with Gasteiger partial charge in [0.1, 0.15) is 0 Å². The second kappa shape index (κ2) is 39.2. The van der Waals surface area contributed by atoms with Crippen molar-refractivity contribution in [3.05, 3.63) is 69.3 Å². The van der Waals surface area contributed by atoms with E-state index in [9.17, 15) is 0 Å². The van der Waals surface area contributed by atoms with Gasteiger partial charge in [-0.15, -0.1) is 0 Å². The minimum Gasteiger partial charge on any atom is -0.378 e. The quantitative estimate of drug-likeness (QED) is 0.241. The van der Waals surface area contributed by atoms with E-state index in [2.05, 4.69) is 141 Å². The number of aryl methyl sites for hydroxylation is 2. The van der Waals surface area contributed by atoms with Crippen LogP contribution in [0.15, 0.2) is 52.6 Å². The Morgan fingerprint density at radius 1 is 0.292 bits per heavy atom. The van der Waals surface area contributed by atoms with Gasteiger partial charge in [0.15, 0.2) is 0 Å². The second-order valence-electron chi connectivity index (χ2n) is 37.1. The molecule has 6 heterocycles. The van der Waals surface area contributed by atoms with Crippen molar-refractivity contribution in [1.29, 1.82) is 0 Å². The Bertz CT molecular complexity index is 2090.